The van der Waals surface area contributed by atoms with Gasteiger partial charge in [-0.05, 0) is 56.9 Å². The van der Waals surface area contributed by atoms with Gasteiger partial charge in [0.25, 0.3) is 0 Å². The van der Waals surface area contributed by atoms with Gasteiger partial charge in [-0.15, -0.1) is 0 Å². The number of carbonyl (C=O) groups is 1. The van der Waals surface area contributed by atoms with Crippen LogP contribution in [0, 0.1) is 19.7 Å². The predicted molar refractivity (Wildman–Crippen MR) is 123 cm³/mol. The highest BCUT2D eigenvalue weighted by Crippen LogP contribution is 2.36. The van der Waals surface area contributed by atoms with Gasteiger partial charge in [-0.2, -0.15) is 0 Å². The number of halogens is 1. The van der Waals surface area contributed by atoms with Gasteiger partial charge in [-0.3, -0.25) is 9.69 Å². The van der Waals surface area contributed by atoms with E-state index < -0.39 is 5.63 Å². The molecule has 0 saturated carbocycles. The van der Waals surface area contributed by atoms with Gasteiger partial charge in [0.15, 0.2) is 0 Å². The van der Waals surface area contributed by atoms with Crippen molar-refractivity contribution in [3.63, 3.8) is 0 Å². The predicted octanol–water partition coefficient (Wildman–Crippen LogP) is 4.44. The Labute approximate surface area is 191 Å². The van der Waals surface area contributed by atoms with E-state index in [0.717, 1.165) is 27.8 Å². The molecular weight excluding hydrogens is 425 g/mol. The van der Waals surface area contributed by atoms with E-state index >= 15 is 0 Å². The third kappa shape index (κ3) is 4.78. The Bertz CT molecular complexity index is 1250. The largest absolute Gasteiger partial charge is 0.477 e. The second kappa shape index (κ2) is 9.75. The second-order valence-corrected chi connectivity index (χ2v) is 8.33. The Kier molecular flexibility index (Phi) is 6.79. The summed E-state index contributed by atoms with van der Waals surface area (Å²) < 4.78 is 30.6. The molecule has 33 heavy (non-hydrogen) atoms. The van der Waals surface area contributed by atoms with E-state index in [-0.39, 0.29) is 24.6 Å². The number of ether oxygens (including phenoxy) is 2. The maximum atomic E-state index is 14.0. The Morgan fingerprint density at radius 3 is 2.73 bits per heavy atom. The number of nitrogens with zero attached hydrogens (tertiary/aromatic N) is 1. The van der Waals surface area contributed by atoms with Gasteiger partial charge < -0.3 is 13.9 Å². The molecular formula is C26H28FNO5. The summed E-state index contributed by atoms with van der Waals surface area (Å²) in [5, 5.41) is 0.837. The number of hydrogen-bond acceptors (Lipinski definition) is 6. The van der Waals surface area contributed by atoms with Crippen LogP contribution in [0.5, 0.6) is 5.75 Å². The zero-order valence-electron chi connectivity index (χ0n) is 19.2. The van der Waals surface area contributed by atoms with Gasteiger partial charge in [-0.25, -0.2) is 9.18 Å². The molecule has 0 radical (unpaired) electrons. The number of aryl methyl sites for hydroxylation is 2. The maximum absolute atomic E-state index is 14.0. The zero-order valence-corrected chi connectivity index (χ0v) is 19.2. The Balaban J connectivity index is 1.59. The Morgan fingerprint density at radius 1 is 1.18 bits per heavy atom. The van der Waals surface area contributed by atoms with Gasteiger partial charge in [0.1, 0.15) is 23.9 Å². The lowest BCUT2D eigenvalue weighted by Crippen LogP contribution is -2.34. The minimum atomic E-state index is -0.435. The van der Waals surface area contributed by atoms with Gasteiger partial charge >= 0.3 is 11.6 Å². The topological polar surface area (TPSA) is 69.0 Å². The molecule has 1 aliphatic heterocycles. The second-order valence-electron chi connectivity index (χ2n) is 8.33. The van der Waals surface area contributed by atoms with E-state index in [1.165, 1.54) is 6.07 Å². The first kappa shape index (κ1) is 23.0. The lowest BCUT2D eigenvalue weighted by atomic mass is 9.97. The average molecular weight is 454 g/mol. The molecule has 174 valence electrons. The SMILES string of the molecule is CCOC(=O)CCc1c(C)c2cc3c(c(C)c2oc1=O)OCN(CCc1ccccc1F)C3. The van der Waals surface area contributed by atoms with Crippen LogP contribution in [0.25, 0.3) is 11.0 Å². The van der Waals surface area contributed by atoms with Crippen molar-refractivity contribution in [3.8, 4) is 5.75 Å². The summed E-state index contributed by atoms with van der Waals surface area (Å²) in [7, 11) is 0. The molecule has 1 aromatic heterocycles. The van der Waals surface area contributed by atoms with Gasteiger partial charge in [0.05, 0.1) is 6.61 Å². The number of benzene rings is 2. The lowest BCUT2D eigenvalue weighted by Gasteiger charge is -2.30. The van der Waals surface area contributed by atoms with Crippen LogP contribution >= 0.6 is 0 Å². The molecule has 2 heterocycles. The molecule has 3 aromatic rings. The number of esters is 1. The van der Waals surface area contributed by atoms with Crippen molar-refractivity contribution in [2.45, 2.75) is 46.6 Å². The summed E-state index contributed by atoms with van der Waals surface area (Å²) in [6.45, 7) is 7.52. The van der Waals surface area contributed by atoms with Crippen LogP contribution in [0.15, 0.2) is 39.5 Å². The summed E-state index contributed by atoms with van der Waals surface area (Å²) in [4.78, 5) is 26.5. The monoisotopic (exact) mass is 453 g/mol. The van der Waals surface area contributed by atoms with Crippen LogP contribution in [-0.2, 0) is 28.9 Å². The molecule has 0 unspecified atom stereocenters. The molecule has 0 N–H and O–H groups in total. The number of fused-ring (bicyclic) bond motifs is 2. The molecule has 6 nitrogen and oxygen atoms in total. The molecule has 0 aliphatic carbocycles. The van der Waals surface area contributed by atoms with Crippen molar-refractivity contribution in [1.29, 1.82) is 0 Å². The van der Waals surface area contributed by atoms with E-state index in [2.05, 4.69) is 4.90 Å². The summed E-state index contributed by atoms with van der Waals surface area (Å²) in [5.41, 5.74) is 3.83. The lowest BCUT2D eigenvalue weighted by molar-refractivity contribution is -0.143. The van der Waals surface area contributed by atoms with Crippen molar-refractivity contribution in [2.75, 3.05) is 19.9 Å². The van der Waals surface area contributed by atoms with Crippen LogP contribution in [0.1, 0.15) is 41.2 Å². The maximum Gasteiger partial charge on any atom is 0.339 e. The van der Waals surface area contributed by atoms with Crippen LogP contribution in [0.4, 0.5) is 4.39 Å². The van der Waals surface area contributed by atoms with Crippen LogP contribution in [0.2, 0.25) is 0 Å². The molecule has 7 heteroatoms. The van der Waals surface area contributed by atoms with E-state index in [0.29, 0.717) is 49.6 Å². The summed E-state index contributed by atoms with van der Waals surface area (Å²) >= 11 is 0. The smallest absolute Gasteiger partial charge is 0.339 e. The van der Waals surface area contributed by atoms with E-state index in [1.807, 2.05) is 26.0 Å². The number of rotatable bonds is 7. The molecule has 4 rings (SSSR count). The summed E-state index contributed by atoms with van der Waals surface area (Å²) in [6.07, 6.45) is 0.982. The fourth-order valence-corrected chi connectivity index (χ4v) is 4.37. The standard InChI is InChI=1S/C26H28FNO5/c1-4-31-23(29)10-9-20-16(2)21-13-19-14-28(12-11-18-7-5-6-8-22(18)27)15-32-24(19)17(3)25(21)33-26(20)30/h5-8,13H,4,9-12,14-15H2,1-3H3. The van der Waals surface area contributed by atoms with Crippen molar-refractivity contribution in [3.05, 3.63) is 74.4 Å². The first-order valence-electron chi connectivity index (χ1n) is 11.2. The molecule has 1 aliphatic rings. The molecule has 0 amide bonds. The quantitative estimate of drug-likeness (QED) is 0.389. The Morgan fingerprint density at radius 2 is 1.97 bits per heavy atom. The van der Waals surface area contributed by atoms with E-state index in [1.54, 1.807) is 19.1 Å². The van der Waals surface area contributed by atoms with Crippen LogP contribution in [-0.4, -0.2) is 30.8 Å². The Hall–Kier alpha value is -3.19. The molecule has 0 spiro atoms. The minimum absolute atomic E-state index is 0.127. The molecule has 0 bridgehead atoms. The highest BCUT2D eigenvalue weighted by molar-refractivity contribution is 5.87. The fourth-order valence-electron chi connectivity index (χ4n) is 4.37. The van der Waals surface area contributed by atoms with Crippen molar-refractivity contribution in [1.82, 2.24) is 4.90 Å². The zero-order chi connectivity index (χ0) is 23.5. The van der Waals surface area contributed by atoms with Crippen molar-refractivity contribution in [2.24, 2.45) is 0 Å². The average Bonchev–Trinajstić information content (AvgIpc) is 2.79. The van der Waals surface area contributed by atoms with Crippen LogP contribution in [0.3, 0.4) is 0 Å². The highest BCUT2D eigenvalue weighted by Gasteiger charge is 2.24. The molecule has 2 aromatic carbocycles. The van der Waals surface area contributed by atoms with E-state index in [9.17, 15) is 14.0 Å². The molecule has 0 saturated heterocycles. The first-order chi connectivity index (χ1) is 15.9. The van der Waals surface area contributed by atoms with Gasteiger partial charge in [0.2, 0.25) is 0 Å². The third-order valence-electron chi connectivity index (χ3n) is 6.16. The minimum Gasteiger partial charge on any atom is -0.477 e. The normalized spacial score (nSPS) is 13.6. The van der Waals surface area contributed by atoms with E-state index in [4.69, 9.17) is 13.9 Å². The molecule has 0 fully saturated rings. The fraction of sp³-hybridized carbons (Fsp3) is 0.385. The summed E-state index contributed by atoms with van der Waals surface area (Å²) in [6, 6.07) is 8.80. The first-order valence-corrected chi connectivity index (χ1v) is 11.2. The summed E-state index contributed by atoms with van der Waals surface area (Å²) in [5.74, 6) is 0.196. The third-order valence-corrected chi connectivity index (χ3v) is 6.16. The number of hydrogen-bond donors (Lipinski definition) is 0. The molecule has 0 atom stereocenters. The van der Waals surface area contributed by atoms with Crippen molar-refractivity contribution < 1.29 is 23.1 Å². The van der Waals surface area contributed by atoms with Gasteiger partial charge in [0, 0.05) is 41.6 Å². The van der Waals surface area contributed by atoms with Gasteiger partial charge in [-0.1, -0.05) is 18.2 Å². The highest BCUT2D eigenvalue weighted by atomic mass is 19.1. The number of carbonyl (C=O) groups excluding carboxylic acids is 1. The van der Waals surface area contributed by atoms with Crippen molar-refractivity contribution >= 4 is 16.9 Å². The van der Waals surface area contributed by atoms with Crippen LogP contribution < -0.4 is 10.4 Å².